The third kappa shape index (κ3) is 3.11. The fourth-order valence-corrected chi connectivity index (χ4v) is 2.24. The highest BCUT2D eigenvalue weighted by atomic mass is 19.1. The lowest BCUT2D eigenvalue weighted by atomic mass is 9.77. The smallest absolute Gasteiger partial charge is 0.251 e. The van der Waals surface area contributed by atoms with E-state index in [2.05, 4.69) is 24.1 Å². The normalized spacial score (nSPS) is 15.7. The number of unbranched alkanes of at least 4 members (excludes halogenated alkanes) is 1. The Morgan fingerprint density at radius 2 is 2.25 bits per heavy atom. The van der Waals surface area contributed by atoms with Crippen molar-refractivity contribution in [2.75, 3.05) is 5.32 Å². The average molecular weight is 274 g/mol. The predicted octanol–water partition coefficient (Wildman–Crippen LogP) is 3.06. The minimum atomic E-state index is -0.754. The average Bonchev–Trinajstić information content (AvgIpc) is 2.35. The second-order valence-electron chi connectivity index (χ2n) is 5.17. The first-order valence-corrected chi connectivity index (χ1v) is 6.94. The van der Waals surface area contributed by atoms with E-state index < -0.39 is 11.7 Å². The van der Waals surface area contributed by atoms with Gasteiger partial charge in [0.1, 0.15) is 5.82 Å². The number of rotatable bonds is 4. The number of nitrogens with two attached hydrogens (primary N) is 1. The van der Waals surface area contributed by atoms with E-state index in [1.807, 2.05) is 0 Å². The van der Waals surface area contributed by atoms with E-state index in [-0.39, 0.29) is 11.1 Å². The van der Waals surface area contributed by atoms with Crippen molar-refractivity contribution in [3.8, 4) is 11.8 Å². The summed E-state index contributed by atoms with van der Waals surface area (Å²) in [6.07, 6.45) is 4.95. The van der Waals surface area contributed by atoms with Crippen LogP contribution in [-0.4, -0.2) is 11.4 Å². The molecular weight excluding hydrogens is 255 g/mol. The maximum atomic E-state index is 13.7. The van der Waals surface area contributed by atoms with Crippen molar-refractivity contribution < 1.29 is 9.18 Å². The SMILES string of the molecule is CCCC#CC1(Nc2ccc(C(N)=O)c(F)c2)CCC1. The molecule has 106 valence electrons. The summed E-state index contributed by atoms with van der Waals surface area (Å²) in [6.45, 7) is 2.09. The summed E-state index contributed by atoms with van der Waals surface area (Å²) in [5, 5.41) is 3.29. The van der Waals surface area contributed by atoms with Gasteiger partial charge in [-0.1, -0.05) is 12.8 Å². The van der Waals surface area contributed by atoms with Crippen LogP contribution in [0.15, 0.2) is 18.2 Å². The van der Waals surface area contributed by atoms with Crippen molar-refractivity contribution >= 4 is 11.6 Å². The van der Waals surface area contributed by atoms with Crippen LogP contribution in [0, 0.1) is 17.7 Å². The van der Waals surface area contributed by atoms with Gasteiger partial charge in [0, 0.05) is 12.1 Å². The van der Waals surface area contributed by atoms with Gasteiger partial charge in [0.15, 0.2) is 0 Å². The molecule has 0 spiro atoms. The van der Waals surface area contributed by atoms with Crippen LogP contribution in [0.2, 0.25) is 0 Å². The fourth-order valence-electron chi connectivity index (χ4n) is 2.24. The lowest BCUT2D eigenvalue weighted by Crippen LogP contribution is -2.43. The number of hydrogen-bond acceptors (Lipinski definition) is 2. The number of anilines is 1. The van der Waals surface area contributed by atoms with E-state index in [1.165, 1.54) is 12.1 Å². The molecule has 0 bridgehead atoms. The molecule has 1 aliphatic carbocycles. The molecule has 0 radical (unpaired) electrons. The highest BCUT2D eigenvalue weighted by molar-refractivity contribution is 5.93. The van der Waals surface area contributed by atoms with Crippen LogP contribution in [0.3, 0.4) is 0 Å². The lowest BCUT2D eigenvalue weighted by Gasteiger charge is -2.39. The third-order valence-corrected chi connectivity index (χ3v) is 3.53. The predicted molar refractivity (Wildman–Crippen MR) is 77.8 cm³/mol. The molecule has 1 aliphatic rings. The molecule has 0 heterocycles. The molecule has 2 rings (SSSR count). The summed E-state index contributed by atoms with van der Waals surface area (Å²) in [7, 11) is 0. The third-order valence-electron chi connectivity index (χ3n) is 3.53. The first-order valence-electron chi connectivity index (χ1n) is 6.94. The number of primary amides is 1. The number of amides is 1. The molecule has 3 N–H and O–H groups in total. The van der Waals surface area contributed by atoms with Crippen molar-refractivity contribution in [1.29, 1.82) is 0 Å². The summed E-state index contributed by atoms with van der Waals surface area (Å²) < 4.78 is 13.7. The van der Waals surface area contributed by atoms with Gasteiger partial charge in [0.2, 0.25) is 0 Å². The number of halogens is 1. The van der Waals surface area contributed by atoms with Crippen LogP contribution < -0.4 is 11.1 Å². The molecule has 3 nitrogen and oxygen atoms in total. The maximum absolute atomic E-state index is 13.7. The Bertz CT molecular complexity index is 568. The van der Waals surface area contributed by atoms with Gasteiger partial charge >= 0.3 is 0 Å². The second-order valence-corrected chi connectivity index (χ2v) is 5.17. The van der Waals surface area contributed by atoms with Gasteiger partial charge in [-0.2, -0.15) is 0 Å². The Hall–Kier alpha value is -2.02. The van der Waals surface area contributed by atoms with E-state index in [9.17, 15) is 9.18 Å². The van der Waals surface area contributed by atoms with Crippen LogP contribution in [0.5, 0.6) is 0 Å². The monoisotopic (exact) mass is 274 g/mol. The van der Waals surface area contributed by atoms with Crippen LogP contribution in [0.25, 0.3) is 0 Å². The molecule has 1 amide bonds. The quantitative estimate of drug-likeness (QED) is 0.829. The Kier molecular flexibility index (Phi) is 4.29. The molecule has 1 aromatic carbocycles. The number of carbonyl (C=O) groups is 1. The summed E-state index contributed by atoms with van der Waals surface area (Å²) in [5.41, 5.74) is 5.40. The minimum absolute atomic E-state index is 0.0877. The molecule has 1 aromatic rings. The zero-order valence-electron chi connectivity index (χ0n) is 11.6. The Morgan fingerprint density at radius 3 is 2.75 bits per heavy atom. The Labute approximate surface area is 118 Å². The summed E-state index contributed by atoms with van der Waals surface area (Å²) in [5.74, 6) is 5.07. The van der Waals surface area contributed by atoms with E-state index in [0.29, 0.717) is 5.69 Å². The zero-order chi connectivity index (χ0) is 14.6. The van der Waals surface area contributed by atoms with Crippen molar-refractivity contribution in [3.05, 3.63) is 29.6 Å². The molecule has 1 saturated carbocycles. The highest BCUT2D eigenvalue weighted by Crippen LogP contribution is 2.35. The Morgan fingerprint density at radius 1 is 1.50 bits per heavy atom. The topological polar surface area (TPSA) is 55.1 Å². The molecular formula is C16H19FN2O. The van der Waals surface area contributed by atoms with Crippen LogP contribution in [-0.2, 0) is 0 Å². The van der Waals surface area contributed by atoms with Crippen LogP contribution in [0.1, 0.15) is 49.4 Å². The number of benzene rings is 1. The van der Waals surface area contributed by atoms with Crippen molar-refractivity contribution in [2.45, 2.75) is 44.6 Å². The van der Waals surface area contributed by atoms with Gasteiger partial charge < -0.3 is 11.1 Å². The van der Waals surface area contributed by atoms with Gasteiger partial charge in [0.25, 0.3) is 5.91 Å². The molecule has 0 unspecified atom stereocenters. The summed E-state index contributed by atoms with van der Waals surface area (Å²) >= 11 is 0. The Balaban J connectivity index is 2.15. The van der Waals surface area contributed by atoms with E-state index in [1.54, 1.807) is 6.07 Å². The fraction of sp³-hybridized carbons (Fsp3) is 0.438. The van der Waals surface area contributed by atoms with Crippen LogP contribution in [0.4, 0.5) is 10.1 Å². The van der Waals surface area contributed by atoms with Gasteiger partial charge in [-0.15, -0.1) is 5.92 Å². The van der Waals surface area contributed by atoms with Gasteiger partial charge in [-0.3, -0.25) is 4.79 Å². The first-order chi connectivity index (χ1) is 9.56. The van der Waals surface area contributed by atoms with E-state index in [4.69, 9.17) is 5.73 Å². The molecule has 4 heteroatoms. The van der Waals surface area contributed by atoms with E-state index >= 15 is 0 Å². The maximum Gasteiger partial charge on any atom is 0.251 e. The molecule has 0 aromatic heterocycles. The van der Waals surface area contributed by atoms with Crippen LogP contribution >= 0.6 is 0 Å². The molecule has 0 aliphatic heterocycles. The van der Waals surface area contributed by atoms with Gasteiger partial charge in [0.05, 0.1) is 11.1 Å². The highest BCUT2D eigenvalue weighted by Gasteiger charge is 2.35. The van der Waals surface area contributed by atoms with Crippen molar-refractivity contribution in [3.63, 3.8) is 0 Å². The van der Waals surface area contributed by atoms with E-state index in [0.717, 1.165) is 32.1 Å². The minimum Gasteiger partial charge on any atom is -0.369 e. The van der Waals surface area contributed by atoms with Gasteiger partial charge in [-0.25, -0.2) is 4.39 Å². The lowest BCUT2D eigenvalue weighted by molar-refractivity contribution is 0.0996. The second kappa shape index (κ2) is 5.96. The van der Waals surface area contributed by atoms with Crippen molar-refractivity contribution in [2.24, 2.45) is 5.73 Å². The number of nitrogens with one attached hydrogen (secondary N) is 1. The van der Waals surface area contributed by atoms with Gasteiger partial charge in [-0.05, 0) is 43.9 Å². The molecule has 0 atom stereocenters. The van der Waals surface area contributed by atoms with Crippen molar-refractivity contribution in [1.82, 2.24) is 0 Å². The largest absolute Gasteiger partial charge is 0.369 e. The number of carbonyl (C=O) groups excluding carboxylic acids is 1. The first kappa shape index (κ1) is 14.4. The number of hydrogen-bond donors (Lipinski definition) is 2. The standard InChI is InChI=1S/C16H19FN2O/c1-2-3-4-8-16(9-5-10-16)19-12-6-7-13(15(18)20)14(17)11-12/h6-7,11,19H,2-3,5,9-10H2,1H3,(H2,18,20). The summed E-state index contributed by atoms with van der Waals surface area (Å²) in [4.78, 5) is 11.0. The molecule has 0 saturated heterocycles. The molecule has 20 heavy (non-hydrogen) atoms. The zero-order valence-corrected chi connectivity index (χ0v) is 11.6. The summed E-state index contributed by atoms with van der Waals surface area (Å²) in [6, 6.07) is 4.39. The molecule has 1 fully saturated rings.